The molecule has 0 rings (SSSR count). The second-order valence-corrected chi connectivity index (χ2v) is 19.9. The van der Waals surface area contributed by atoms with Crippen LogP contribution in [0.3, 0.4) is 0 Å². The first-order valence-electron chi connectivity index (χ1n) is 29.6. The quantitative estimate of drug-likeness (QED) is 0.0262. The summed E-state index contributed by atoms with van der Waals surface area (Å²) in [6.45, 7) is 6.62. The van der Waals surface area contributed by atoms with E-state index in [2.05, 4.69) is 69.4 Å². The highest BCUT2D eigenvalue weighted by molar-refractivity contribution is 5.71. The van der Waals surface area contributed by atoms with Gasteiger partial charge in [0.15, 0.2) is 6.10 Å². The molecule has 6 heteroatoms. The van der Waals surface area contributed by atoms with Crippen molar-refractivity contribution >= 4 is 17.9 Å². The van der Waals surface area contributed by atoms with Gasteiger partial charge in [0.05, 0.1) is 0 Å². The summed E-state index contributed by atoms with van der Waals surface area (Å²) in [5, 5.41) is 0. The Morgan fingerprint density at radius 3 is 0.853 bits per heavy atom. The Kier molecular flexibility index (Phi) is 54.8. The predicted molar refractivity (Wildman–Crippen MR) is 293 cm³/mol. The number of hydrogen-bond acceptors (Lipinski definition) is 6. The van der Waals surface area contributed by atoms with Crippen LogP contribution >= 0.6 is 0 Å². The average molecular weight is 954 g/mol. The van der Waals surface area contributed by atoms with Gasteiger partial charge in [-0.05, 0) is 83.5 Å². The van der Waals surface area contributed by atoms with Gasteiger partial charge in [-0.3, -0.25) is 14.4 Å². The maximum atomic E-state index is 12.9. The minimum Gasteiger partial charge on any atom is -0.462 e. The number of esters is 3. The fourth-order valence-corrected chi connectivity index (χ4v) is 8.56. The molecule has 0 aliphatic rings. The number of carbonyl (C=O) groups excluding carboxylic acids is 3. The van der Waals surface area contributed by atoms with E-state index >= 15 is 0 Å². The number of hydrogen-bond donors (Lipinski definition) is 0. The van der Waals surface area contributed by atoms with E-state index in [0.29, 0.717) is 19.3 Å². The van der Waals surface area contributed by atoms with Crippen LogP contribution in [0.4, 0.5) is 0 Å². The molecule has 0 aromatic carbocycles. The molecule has 68 heavy (non-hydrogen) atoms. The fourth-order valence-electron chi connectivity index (χ4n) is 8.56. The smallest absolute Gasteiger partial charge is 0.306 e. The summed E-state index contributed by atoms with van der Waals surface area (Å²) in [6, 6.07) is 0. The summed E-state index contributed by atoms with van der Waals surface area (Å²) in [7, 11) is 0. The van der Waals surface area contributed by atoms with Crippen molar-refractivity contribution in [2.24, 2.45) is 0 Å². The molecule has 0 N–H and O–H groups in total. The van der Waals surface area contributed by atoms with Gasteiger partial charge < -0.3 is 14.2 Å². The first kappa shape index (κ1) is 65.4. The van der Waals surface area contributed by atoms with Crippen LogP contribution in [0.5, 0.6) is 0 Å². The van der Waals surface area contributed by atoms with Crippen LogP contribution in [0.1, 0.15) is 310 Å². The molecular formula is C62H112O6. The van der Waals surface area contributed by atoms with E-state index < -0.39 is 6.10 Å². The van der Waals surface area contributed by atoms with Crippen LogP contribution in [0, 0.1) is 0 Å². The highest BCUT2D eigenvalue weighted by Gasteiger charge is 2.19. The average Bonchev–Trinajstić information content (AvgIpc) is 3.34. The lowest BCUT2D eigenvalue weighted by molar-refractivity contribution is -0.167. The molecular weight excluding hydrogens is 841 g/mol. The highest BCUT2D eigenvalue weighted by atomic mass is 16.6. The zero-order chi connectivity index (χ0) is 49.3. The van der Waals surface area contributed by atoms with E-state index in [-0.39, 0.29) is 31.1 Å². The maximum Gasteiger partial charge on any atom is 0.306 e. The molecule has 396 valence electrons. The molecule has 0 saturated heterocycles. The molecule has 0 bridgehead atoms. The van der Waals surface area contributed by atoms with Crippen molar-refractivity contribution in [3.05, 3.63) is 48.6 Å². The lowest BCUT2D eigenvalue weighted by Crippen LogP contribution is -2.30. The van der Waals surface area contributed by atoms with Gasteiger partial charge in [0.1, 0.15) is 13.2 Å². The number of rotatable bonds is 54. The molecule has 0 spiro atoms. The van der Waals surface area contributed by atoms with Crippen molar-refractivity contribution in [3.63, 3.8) is 0 Å². The zero-order valence-corrected chi connectivity index (χ0v) is 45.4. The zero-order valence-electron chi connectivity index (χ0n) is 45.4. The molecule has 0 heterocycles. The van der Waals surface area contributed by atoms with Gasteiger partial charge in [-0.1, -0.05) is 256 Å². The van der Waals surface area contributed by atoms with Crippen molar-refractivity contribution in [3.8, 4) is 0 Å². The molecule has 0 aliphatic heterocycles. The lowest BCUT2D eigenvalue weighted by Gasteiger charge is -2.18. The van der Waals surface area contributed by atoms with Gasteiger partial charge in [-0.15, -0.1) is 0 Å². The standard InChI is InChI=1S/C62H112O6/c1-4-7-10-13-16-19-22-25-28-31-34-37-40-43-46-49-52-55-61(64)67-58-59(57-66-60(63)54-51-48-45-42-39-36-33-30-27-24-21-18-15-12-9-6-3)68-62(65)56-53-50-47-44-41-38-35-32-29-26-23-20-17-14-11-8-5-2/h16,19,21,24-25,28,30,33,59H,4-15,17-18,20,22-23,26-27,29,31-32,34-58H2,1-3H3/b19-16-,24-21-,28-25-,33-30-. The van der Waals surface area contributed by atoms with E-state index in [1.54, 1.807) is 0 Å². The molecule has 0 aromatic heterocycles. The van der Waals surface area contributed by atoms with Gasteiger partial charge in [-0.2, -0.15) is 0 Å². The molecule has 6 nitrogen and oxygen atoms in total. The third-order valence-electron chi connectivity index (χ3n) is 13.1. The SMILES string of the molecule is CCCCC/C=C\C/C=C\CCCCCCCCCC(=O)OCC(COC(=O)CCCCCCC/C=C\C/C=C\CCCCCC)OC(=O)CCCCCCCCCCCCCCCCCCC. The maximum absolute atomic E-state index is 12.9. The van der Waals surface area contributed by atoms with Crippen molar-refractivity contribution in [2.45, 2.75) is 316 Å². The minimum absolute atomic E-state index is 0.0790. The van der Waals surface area contributed by atoms with Crippen LogP contribution in [-0.4, -0.2) is 37.2 Å². The first-order chi connectivity index (χ1) is 33.5. The van der Waals surface area contributed by atoms with Crippen molar-refractivity contribution in [1.29, 1.82) is 0 Å². The summed E-state index contributed by atoms with van der Waals surface area (Å²) in [5.41, 5.74) is 0. The highest BCUT2D eigenvalue weighted by Crippen LogP contribution is 2.16. The molecule has 0 aromatic rings. The second kappa shape index (κ2) is 57.0. The van der Waals surface area contributed by atoms with E-state index in [9.17, 15) is 14.4 Å². The number of carbonyl (C=O) groups is 3. The Morgan fingerprint density at radius 1 is 0.294 bits per heavy atom. The molecule has 0 radical (unpaired) electrons. The number of ether oxygens (including phenoxy) is 3. The van der Waals surface area contributed by atoms with Gasteiger partial charge in [0.2, 0.25) is 0 Å². The Bertz CT molecular complexity index is 1190. The van der Waals surface area contributed by atoms with Crippen LogP contribution in [0.25, 0.3) is 0 Å². The summed E-state index contributed by atoms with van der Waals surface area (Å²) in [4.78, 5) is 38.2. The van der Waals surface area contributed by atoms with Gasteiger partial charge >= 0.3 is 17.9 Å². The minimum atomic E-state index is -0.780. The van der Waals surface area contributed by atoms with Gasteiger partial charge in [0.25, 0.3) is 0 Å². The fraction of sp³-hybridized carbons (Fsp3) is 0.823. The molecule has 0 fully saturated rings. The Labute approximate surface area is 422 Å². The molecule has 0 amide bonds. The van der Waals surface area contributed by atoms with Crippen LogP contribution in [-0.2, 0) is 28.6 Å². The third kappa shape index (κ3) is 54.3. The normalized spacial score (nSPS) is 12.3. The topological polar surface area (TPSA) is 78.9 Å². The summed E-state index contributed by atoms with van der Waals surface area (Å²) in [5.74, 6) is -0.883. The number of allylic oxidation sites excluding steroid dienone is 8. The predicted octanol–water partition coefficient (Wildman–Crippen LogP) is 19.8. The molecule has 1 unspecified atom stereocenters. The van der Waals surface area contributed by atoms with E-state index in [4.69, 9.17) is 14.2 Å². The van der Waals surface area contributed by atoms with Crippen molar-refractivity contribution in [2.75, 3.05) is 13.2 Å². The van der Waals surface area contributed by atoms with Crippen LogP contribution in [0.15, 0.2) is 48.6 Å². The number of unbranched alkanes of at least 4 members (excludes halogenated alkanes) is 35. The monoisotopic (exact) mass is 953 g/mol. The first-order valence-corrected chi connectivity index (χ1v) is 29.6. The van der Waals surface area contributed by atoms with Crippen LogP contribution < -0.4 is 0 Å². The second-order valence-electron chi connectivity index (χ2n) is 19.9. The van der Waals surface area contributed by atoms with Gasteiger partial charge in [-0.25, -0.2) is 0 Å². The van der Waals surface area contributed by atoms with Crippen LogP contribution in [0.2, 0.25) is 0 Å². The summed E-state index contributed by atoms with van der Waals surface area (Å²) in [6.07, 6.45) is 69.5. The molecule has 0 aliphatic carbocycles. The third-order valence-corrected chi connectivity index (χ3v) is 13.1. The molecule has 0 saturated carbocycles. The molecule has 1 atom stereocenters. The van der Waals surface area contributed by atoms with E-state index in [0.717, 1.165) is 89.9 Å². The summed E-state index contributed by atoms with van der Waals surface area (Å²) < 4.78 is 16.9. The van der Waals surface area contributed by atoms with Gasteiger partial charge in [0, 0.05) is 19.3 Å². The van der Waals surface area contributed by atoms with E-state index in [1.807, 2.05) is 0 Å². The van der Waals surface area contributed by atoms with E-state index in [1.165, 1.54) is 180 Å². The summed E-state index contributed by atoms with van der Waals surface area (Å²) >= 11 is 0. The Morgan fingerprint density at radius 2 is 0.529 bits per heavy atom. The lowest BCUT2D eigenvalue weighted by atomic mass is 10.0. The Hall–Kier alpha value is -2.63. The largest absolute Gasteiger partial charge is 0.462 e. The Balaban J connectivity index is 4.38. The van der Waals surface area contributed by atoms with Crippen molar-refractivity contribution in [1.82, 2.24) is 0 Å². The van der Waals surface area contributed by atoms with Crippen molar-refractivity contribution < 1.29 is 28.6 Å².